The van der Waals surface area contributed by atoms with Gasteiger partial charge in [0.25, 0.3) is 0 Å². The number of nitrogens with zero attached hydrogens (tertiary/aromatic N) is 4. The van der Waals surface area contributed by atoms with Gasteiger partial charge in [-0.3, -0.25) is 4.98 Å². The second kappa shape index (κ2) is 12.4. The lowest BCUT2D eigenvalue weighted by atomic mass is 9.95. The van der Waals surface area contributed by atoms with Crippen molar-refractivity contribution in [3.05, 3.63) is 182 Å². The fourth-order valence-electron chi connectivity index (χ4n) is 7.21. The zero-order valence-corrected chi connectivity index (χ0v) is 28.1. The quantitative estimate of drug-likeness (QED) is 0.172. The molecule has 0 spiro atoms. The number of pyridine rings is 4. The van der Waals surface area contributed by atoms with Crippen LogP contribution in [0, 0.1) is 0 Å². The molecule has 0 aliphatic heterocycles. The summed E-state index contributed by atoms with van der Waals surface area (Å²) in [5.74, 6) is 0. The van der Waals surface area contributed by atoms with Gasteiger partial charge in [-0.15, -0.1) is 0 Å². The third-order valence-corrected chi connectivity index (χ3v) is 9.90. The second-order valence-corrected chi connectivity index (χ2v) is 13.1. The Balaban J connectivity index is 1.26. The monoisotopic (exact) mass is 662 g/mol. The van der Waals surface area contributed by atoms with Crippen LogP contribution in [0.3, 0.4) is 0 Å². The van der Waals surface area contributed by atoms with Gasteiger partial charge in [0.1, 0.15) is 0 Å². The molecule has 242 valence electrons. The molecule has 4 heterocycles. The molecule has 4 nitrogen and oxygen atoms in total. The molecule has 0 saturated heterocycles. The molecule has 0 N–H and O–H groups in total. The molecule has 52 heavy (non-hydrogen) atoms. The van der Waals surface area contributed by atoms with Gasteiger partial charge in [-0.1, -0.05) is 146 Å². The van der Waals surface area contributed by atoms with Crippen LogP contribution in [-0.4, -0.2) is 19.9 Å². The molecular weight excluding hydrogens is 633 g/mol. The van der Waals surface area contributed by atoms with Crippen molar-refractivity contribution >= 4 is 43.5 Å². The Morgan fingerprint density at radius 2 is 0.827 bits per heavy atom. The lowest BCUT2D eigenvalue weighted by Crippen LogP contribution is -1.97. The van der Waals surface area contributed by atoms with Crippen molar-refractivity contribution in [3.8, 4) is 56.2 Å². The van der Waals surface area contributed by atoms with Crippen LogP contribution in [0.25, 0.3) is 99.6 Å². The summed E-state index contributed by atoms with van der Waals surface area (Å²) in [7, 11) is 0. The molecule has 4 aromatic heterocycles. The number of rotatable bonds is 5. The summed E-state index contributed by atoms with van der Waals surface area (Å²) in [5.41, 5.74) is 12.6. The van der Waals surface area contributed by atoms with Crippen LogP contribution in [0.15, 0.2) is 182 Å². The highest BCUT2D eigenvalue weighted by molar-refractivity contribution is 6.13. The van der Waals surface area contributed by atoms with Crippen LogP contribution in [0.4, 0.5) is 0 Å². The van der Waals surface area contributed by atoms with Gasteiger partial charge in [0.2, 0.25) is 0 Å². The van der Waals surface area contributed by atoms with Gasteiger partial charge in [-0.05, 0) is 46.8 Å². The second-order valence-electron chi connectivity index (χ2n) is 13.1. The van der Waals surface area contributed by atoms with E-state index in [1.54, 1.807) is 0 Å². The first kappa shape index (κ1) is 29.8. The van der Waals surface area contributed by atoms with E-state index in [4.69, 9.17) is 19.9 Å². The zero-order valence-electron chi connectivity index (χ0n) is 28.1. The molecular formula is C48H30N4. The number of fused-ring (bicyclic) bond motifs is 5. The van der Waals surface area contributed by atoms with Crippen molar-refractivity contribution in [2.24, 2.45) is 0 Å². The minimum absolute atomic E-state index is 0.826. The first-order valence-electron chi connectivity index (χ1n) is 17.5. The van der Waals surface area contributed by atoms with Gasteiger partial charge in [0, 0.05) is 50.0 Å². The van der Waals surface area contributed by atoms with Gasteiger partial charge in [0.05, 0.1) is 39.3 Å². The van der Waals surface area contributed by atoms with E-state index >= 15 is 0 Å². The minimum Gasteiger partial charge on any atom is -0.256 e. The summed E-state index contributed by atoms with van der Waals surface area (Å²) in [6.07, 6.45) is 1.96. The molecule has 0 radical (unpaired) electrons. The van der Waals surface area contributed by atoms with Crippen molar-refractivity contribution in [2.75, 3.05) is 0 Å². The molecule has 0 bridgehead atoms. The van der Waals surface area contributed by atoms with E-state index in [1.165, 1.54) is 5.56 Å². The maximum atomic E-state index is 5.43. The lowest BCUT2D eigenvalue weighted by Gasteiger charge is -2.15. The van der Waals surface area contributed by atoms with E-state index < -0.39 is 0 Å². The molecule has 0 aliphatic rings. The van der Waals surface area contributed by atoms with E-state index in [9.17, 15) is 0 Å². The molecule has 0 unspecified atom stereocenters. The van der Waals surface area contributed by atoms with Crippen LogP contribution in [0.5, 0.6) is 0 Å². The Morgan fingerprint density at radius 3 is 1.52 bits per heavy atom. The highest BCUT2D eigenvalue weighted by Crippen LogP contribution is 2.39. The largest absolute Gasteiger partial charge is 0.256 e. The van der Waals surface area contributed by atoms with Crippen LogP contribution in [-0.2, 0) is 0 Å². The third kappa shape index (κ3) is 5.26. The highest BCUT2D eigenvalue weighted by Gasteiger charge is 2.18. The molecule has 6 aromatic carbocycles. The number of hydrogen-bond acceptors (Lipinski definition) is 4. The average molecular weight is 663 g/mol. The molecule has 4 heteroatoms. The topological polar surface area (TPSA) is 51.6 Å². The maximum Gasteiger partial charge on any atom is 0.0979 e. The molecule has 0 atom stereocenters. The summed E-state index contributed by atoms with van der Waals surface area (Å²) >= 11 is 0. The van der Waals surface area contributed by atoms with Crippen molar-refractivity contribution < 1.29 is 0 Å². The number of para-hydroxylation sites is 1. The predicted octanol–water partition coefficient (Wildman–Crippen LogP) is 12.2. The Hall–Kier alpha value is -7.04. The van der Waals surface area contributed by atoms with Gasteiger partial charge < -0.3 is 0 Å². The number of benzene rings is 6. The van der Waals surface area contributed by atoms with E-state index in [0.29, 0.717) is 0 Å². The molecule has 0 saturated carbocycles. The SMILES string of the molecule is c1ccc(-c2ccc(-c3cc(-c4cc5ccccc5cn4)c4ccc5c(-c6ccc7ccccc7n6)cc(-c6ccccc6)nc5c4n3)cc2)cc1. The van der Waals surface area contributed by atoms with E-state index in [2.05, 4.69) is 146 Å². The van der Waals surface area contributed by atoms with Gasteiger partial charge in [0.15, 0.2) is 0 Å². The molecule has 10 aromatic rings. The number of hydrogen-bond donors (Lipinski definition) is 0. The first-order valence-corrected chi connectivity index (χ1v) is 17.5. The van der Waals surface area contributed by atoms with Gasteiger partial charge in [-0.2, -0.15) is 0 Å². The molecule has 0 amide bonds. The van der Waals surface area contributed by atoms with Crippen molar-refractivity contribution in [3.63, 3.8) is 0 Å². The Kier molecular flexibility index (Phi) is 7.10. The van der Waals surface area contributed by atoms with Crippen LogP contribution < -0.4 is 0 Å². The normalized spacial score (nSPS) is 11.5. The fourth-order valence-corrected chi connectivity index (χ4v) is 7.21. The van der Waals surface area contributed by atoms with E-state index in [1.807, 2.05) is 36.5 Å². The van der Waals surface area contributed by atoms with E-state index in [0.717, 1.165) is 94.1 Å². The third-order valence-electron chi connectivity index (χ3n) is 9.90. The standard InChI is InChI=1S/C48H30N4/c1-3-11-31(12-4-1)32-19-21-35(22-20-32)45-29-41(46-27-36-16-7-8-17-37(36)30-49-46)39-25-24-38-40(43-26-23-34-15-9-10-18-42(34)50-43)28-44(33-13-5-2-6-14-33)51-47(38)48(39)52-45/h1-30H. The summed E-state index contributed by atoms with van der Waals surface area (Å²) in [4.78, 5) is 21.0. The van der Waals surface area contributed by atoms with Crippen LogP contribution >= 0.6 is 0 Å². The summed E-state index contributed by atoms with van der Waals surface area (Å²) in [6.45, 7) is 0. The Bertz CT molecular complexity index is 2940. The molecule has 0 aliphatic carbocycles. The highest BCUT2D eigenvalue weighted by atomic mass is 14.8. The van der Waals surface area contributed by atoms with Crippen LogP contribution in [0.1, 0.15) is 0 Å². The predicted molar refractivity (Wildman–Crippen MR) is 215 cm³/mol. The Labute approximate surface area is 300 Å². The lowest BCUT2D eigenvalue weighted by molar-refractivity contribution is 1.33. The average Bonchev–Trinajstić information content (AvgIpc) is 3.23. The number of aromatic nitrogens is 4. The van der Waals surface area contributed by atoms with Crippen molar-refractivity contribution in [1.82, 2.24) is 19.9 Å². The zero-order chi connectivity index (χ0) is 34.4. The Morgan fingerprint density at radius 1 is 0.308 bits per heavy atom. The van der Waals surface area contributed by atoms with Gasteiger partial charge >= 0.3 is 0 Å². The summed E-state index contributed by atoms with van der Waals surface area (Å²) in [5, 5.41) is 5.34. The summed E-state index contributed by atoms with van der Waals surface area (Å²) < 4.78 is 0. The van der Waals surface area contributed by atoms with Crippen LogP contribution in [0.2, 0.25) is 0 Å². The first-order chi connectivity index (χ1) is 25.7. The minimum atomic E-state index is 0.826. The maximum absolute atomic E-state index is 5.43. The fraction of sp³-hybridized carbons (Fsp3) is 0. The smallest absolute Gasteiger partial charge is 0.0979 e. The van der Waals surface area contributed by atoms with Crippen molar-refractivity contribution in [2.45, 2.75) is 0 Å². The van der Waals surface area contributed by atoms with Crippen molar-refractivity contribution in [1.29, 1.82) is 0 Å². The van der Waals surface area contributed by atoms with E-state index in [-0.39, 0.29) is 0 Å². The summed E-state index contributed by atoms with van der Waals surface area (Å²) in [6, 6.07) is 61.2. The van der Waals surface area contributed by atoms with Gasteiger partial charge in [-0.25, -0.2) is 15.0 Å². The molecule has 0 fully saturated rings. The molecule has 10 rings (SSSR count).